The summed E-state index contributed by atoms with van der Waals surface area (Å²) in [6, 6.07) is 0.510. The van der Waals surface area contributed by atoms with Crippen molar-refractivity contribution in [3.8, 4) is 0 Å². The number of hydrogen-bond acceptors (Lipinski definition) is 4. The van der Waals surface area contributed by atoms with Gasteiger partial charge in [-0.1, -0.05) is 13.8 Å². The molecule has 0 saturated heterocycles. The first-order chi connectivity index (χ1) is 8.45. The number of nitrogens with two attached hydrogens (primary N) is 1. The van der Waals surface area contributed by atoms with Crippen LogP contribution in [0.4, 0.5) is 11.6 Å². The lowest BCUT2D eigenvalue weighted by Gasteiger charge is -2.32. The third-order valence-corrected chi connectivity index (χ3v) is 3.81. The monoisotopic (exact) mass is 248 g/mol. The van der Waals surface area contributed by atoms with E-state index in [1.54, 1.807) is 0 Å². The van der Waals surface area contributed by atoms with Crippen molar-refractivity contribution in [2.24, 2.45) is 11.8 Å². The molecule has 0 aliphatic heterocycles. The summed E-state index contributed by atoms with van der Waals surface area (Å²) in [6.07, 6.45) is 3.77. The van der Waals surface area contributed by atoms with Gasteiger partial charge in [0.15, 0.2) is 0 Å². The molecule has 0 bridgehead atoms. The molecule has 1 aromatic heterocycles. The zero-order chi connectivity index (χ0) is 13.3. The Hall–Kier alpha value is -1.32. The van der Waals surface area contributed by atoms with E-state index in [-0.39, 0.29) is 0 Å². The quantitative estimate of drug-likeness (QED) is 0.844. The molecule has 1 heterocycles. The Kier molecular flexibility index (Phi) is 3.73. The molecule has 0 amide bonds. The van der Waals surface area contributed by atoms with Gasteiger partial charge < -0.3 is 11.1 Å². The minimum atomic E-state index is 0.510. The standard InChI is InChI=1S/C14H24N4/c1-8-5-9(2)7-12(6-8)18-14-10(3)13(15)16-11(4)17-14/h8-9,12H,5-7H2,1-4H3,(H3,15,16,17,18). The van der Waals surface area contributed by atoms with Gasteiger partial charge in [-0.15, -0.1) is 0 Å². The van der Waals surface area contributed by atoms with Gasteiger partial charge in [-0.2, -0.15) is 0 Å². The van der Waals surface area contributed by atoms with Gasteiger partial charge in [0, 0.05) is 11.6 Å². The van der Waals surface area contributed by atoms with E-state index in [4.69, 9.17) is 5.73 Å². The lowest BCUT2D eigenvalue weighted by Crippen LogP contribution is -2.31. The first kappa shape index (κ1) is 13.1. The average Bonchev–Trinajstić information content (AvgIpc) is 2.23. The maximum atomic E-state index is 5.89. The molecule has 0 spiro atoms. The van der Waals surface area contributed by atoms with Crippen molar-refractivity contribution < 1.29 is 0 Å². The molecule has 1 aromatic rings. The predicted octanol–water partition coefficient (Wildman–Crippen LogP) is 2.91. The lowest BCUT2D eigenvalue weighted by atomic mass is 9.80. The van der Waals surface area contributed by atoms with Crippen LogP contribution in [0.2, 0.25) is 0 Å². The normalized spacial score (nSPS) is 28.1. The van der Waals surface area contributed by atoms with Crippen LogP contribution in [0, 0.1) is 25.7 Å². The summed E-state index contributed by atoms with van der Waals surface area (Å²) in [6.45, 7) is 8.52. The highest BCUT2D eigenvalue weighted by atomic mass is 15.1. The van der Waals surface area contributed by atoms with Crippen molar-refractivity contribution in [3.05, 3.63) is 11.4 Å². The number of nitrogens with one attached hydrogen (secondary N) is 1. The minimum Gasteiger partial charge on any atom is -0.383 e. The van der Waals surface area contributed by atoms with E-state index in [0.29, 0.717) is 11.9 Å². The molecule has 100 valence electrons. The van der Waals surface area contributed by atoms with Crippen molar-refractivity contribution in [2.75, 3.05) is 11.1 Å². The summed E-state index contributed by atoms with van der Waals surface area (Å²) < 4.78 is 0. The summed E-state index contributed by atoms with van der Waals surface area (Å²) in [7, 11) is 0. The summed E-state index contributed by atoms with van der Waals surface area (Å²) in [4.78, 5) is 8.66. The Morgan fingerprint density at radius 2 is 1.67 bits per heavy atom. The maximum Gasteiger partial charge on any atom is 0.134 e. The molecule has 1 fully saturated rings. The molecule has 0 radical (unpaired) electrons. The molecule has 1 aliphatic rings. The van der Waals surface area contributed by atoms with Gasteiger partial charge in [-0.05, 0) is 44.9 Å². The van der Waals surface area contributed by atoms with Crippen molar-refractivity contribution in [2.45, 2.75) is 53.0 Å². The molecule has 2 unspecified atom stereocenters. The van der Waals surface area contributed by atoms with E-state index in [0.717, 1.165) is 29.0 Å². The summed E-state index contributed by atoms with van der Waals surface area (Å²) in [5.41, 5.74) is 6.85. The van der Waals surface area contributed by atoms with Crippen molar-refractivity contribution in [1.29, 1.82) is 0 Å². The SMILES string of the molecule is Cc1nc(N)c(C)c(NC2CC(C)CC(C)C2)n1. The molecular formula is C14H24N4. The van der Waals surface area contributed by atoms with Crippen LogP contribution in [0.1, 0.15) is 44.5 Å². The lowest BCUT2D eigenvalue weighted by molar-refractivity contribution is 0.280. The van der Waals surface area contributed by atoms with E-state index < -0.39 is 0 Å². The second-order valence-corrected chi connectivity index (χ2v) is 5.89. The molecule has 18 heavy (non-hydrogen) atoms. The molecule has 4 heteroatoms. The van der Waals surface area contributed by atoms with Crippen LogP contribution >= 0.6 is 0 Å². The summed E-state index contributed by atoms with van der Waals surface area (Å²) >= 11 is 0. The van der Waals surface area contributed by atoms with Gasteiger partial charge in [0.1, 0.15) is 17.5 Å². The Morgan fingerprint density at radius 1 is 1.06 bits per heavy atom. The third kappa shape index (κ3) is 2.92. The fourth-order valence-electron chi connectivity index (χ4n) is 3.05. The van der Waals surface area contributed by atoms with E-state index in [9.17, 15) is 0 Å². The largest absolute Gasteiger partial charge is 0.383 e. The number of nitrogen functional groups attached to an aromatic ring is 1. The van der Waals surface area contributed by atoms with Gasteiger partial charge in [-0.3, -0.25) is 0 Å². The van der Waals surface area contributed by atoms with Crippen molar-refractivity contribution in [3.63, 3.8) is 0 Å². The van der Waals surface area contributed by atoms with Crippen LogP contribution in [-0.2, 0) is 0 Å². The van der Waals surface area contributed by atoms with Gasteiger partial charge in [0.25, 0.3) is 0 Å². The second-order valence-electron chi connectivity index (χ2n) is 5.89. The Labute approximate surface area is 109 Å². The minimum absolute atomic E-state index is 0.510. The van der Waals surface area contributed by atoms with Crippen LogP contribution in [0.5, 0.6) is 0 Å². The third-order valence-electron chi connectivity index (χ3n) is 3.81. The number of anilines is 2. The number of aryl methyl sites for hydroxylation is 1. The van der Waals surface area contributed by atoms with Gasteiger partial charge >= 0.3 is 0 Å². The Bertz CT molecular complexity index is 420. The number of nitrogens with zero attached hydrogens (tertiary/aromatic N) is 2. The highest BCUT2D eigenvalue weighted by Gasteiger charge is 2.24. The van der Waals surface area contributed by atoms with Gasteiger partial charge in [0.05, 0.1) is 0 Å². The zero-order valence-corrected chi connectivity index (χ0v) is 11.8. The predicted molar refractivity (Wildman–Crippen MR) is 75.5 cm³/mol. The topological polar surface area (TPSA) is 63.8 Å². The van der Waals surface area contributed by atoms with E-state index in [1.165, 1.54) is 19.3 Å². The van der Waals surface area contributed by atoms with E-state index >= 15 is 0 Å². The molecule has 4 nitrogen and oxygen atoms in total. The molecular weight excluding hydrogens is 224 g/mol. The fraction of sp³-hybridized carbons (Fsp3) is 0.714. The van der Waals surface area contributed by atoms with Crippen molar-refractivity contribution in [1.82, 2.24) is 9.97 Å². The molecule has 3 N–H and O–H groups in total. The van der Waals surface area contributed by atoms with Crippen LogP contribution < -0.4 is 11.1 Å². The molecule has 1 saturated carbocycles. The Balaban J connectivity index is 2.14. The van der Waals surface area contributed by atoms with Crippen LogP contribution in [-0.4, -0.2) is 16.0 Å². The van der Waals surface area contributed by atoms with Crippen LogP contribution in [0.3, 0.4) is 0 Å². The average molecular weight is 248 g/mol. The highest BCUT2D eigenvalue weighted by molar-refractivity contribution is 5.55. The van der Waals surface area contributed by atoms with Gasteiger partial charge in [-0.25, -0.2) is 9.97 Å². The summed E-state index contributed by atoms with van der Waals surface area (Å²) in [5, 5.41) is 3.56. The fourth-order valence-corrected chi connectivity index (χ4v) is 3.05. The zero-order valence-electron chi connectivity index (χ0n) is 11.8. The first-order valence-electron chi connectivity index (χ1n) is 6.83. The molecule has 2 atom stereocenters. The number of hydrogen-bond donors (Lipinski definition) is 2. The van der Waals surface area contributed by atoms with Crippen molar-refractivity contribution >= 4 is 11.6 Å². The van der Waals surface area contributed by atoms with Crippen LogP contribution in [0.15, 0.2) is 0 Å². The number of aromatic nitrogens is 2. The number of rotatable bonds is 2. The second kappa shape index (κ2) is 5.12. The summed E-state index contributed by atoms with van der Waals surface area (Å²) in [5.74, 6) is 3.80. The molecule has 1 aliphatic carbocycles. The van der Waals surface area contributed by atoms with Gasteiger partial charge in [0.2, 0.25) is 0 Å². The Morgan fingerprint density at radius 3 is 2.28 bits per heavy atom. The highest BCUT2D eigenvalue weighted by Crippen LogP contribution is 2.31. The van der Waals surface area contributed by atoms with E-state index in [2.05, 4.69) is 29.1 Å². The molecule has 0 aromatic carbocycles. The van der Waals surface area contributed by atoms with Crippen LogP contribution in [0.25, 0.3) is 0 Å². The first-order valence-corrected chi connectivity index (χ1v) is 6.83. The van der Waals surface area contributed by atoms with E-state index in [1.807, 2.05) is 13.8 Å². The molecule has 2 rings (SSSR count). The smallest absolute Gasteiger partial charge is 0.134 e. The maximum absolute atomic E-state index is 5.89.